The van der Waals surface area contributed by atoms with Gasteiger partial charge in [-0.1, -0.05) is 11.6 Å². The van der Waals surface area contributed by atoms with E-state index < -0.39 is 4.92 Å². The summed E-state index contributed by atoms with van der Waals surface area (Å²) >= 11 is 5.99. The van der Waals surface area contributed by atoms with Crippen LogP contribution in [0.3, 0.4) is 0 Å². The molecule has 2 aromatic rings. The molecule has 1 aromatic carbocycles. The molecule has 0 amide bonds. The minimum Gasteiger partial charge on any atom is -0.469 e. The van der Waals surface area contributed by atoms with Crippen LogP contribution in [0.2, 0.25) is 5.02 Å². The van der Waals surface area contributed by atoms with Gasteiger partial charge in [0.25, 0.3) is 5.69 Å². The van der Waals surface area contributed by atoms with E-state index in [1.54, 1.807) is 12.3 Å². The van der Waals surface area contributed by atoms with Crippen molar-refractivity contribution in [2.45, 2.75) is 13.0 Å². The van der Waals surface area contributed by atoms with Gasteiger partial charge in [0.2, 0.25) is 0 Å². The first kappa shape index (κ1) is 13.6. The highest BCUT2D eigenvalue weighted by Gasteiger charge is 2.08. The van der Waals surface area contributed by atoms with Crippen molar-refractivity contribution in [2.75, 3.05) is 6.54 Å². The molecule has 19 heavy (non-hydrogen) atoms. The van der Waals surface area contributed by atoms with Crippen LogP contribution >= 0.6 is 11.6 Å². The van der Waals surface area contributed by atoms with Gasteiger partial charge in [-0.3, -0.25) is 10.1 Å². The van der Waals surface area contributed by atoms with E-state index in [9.17, 15) is 10.1 Å². The number of benzene rings is 1. The summed E-state index contributed by atoms with van der Waals surface area (Å²) in [6, 6.07) is 8.25. The Balaban J connectivity index is 1.84. The molecule has 5 nitrogen and oxygen atoms in total. The van der Waals surface area contributed by atoms with Crippen LogP contribution in [0.1, 0.15) is 11.3 Å². The molecule has 0 saturated carbocycles. The average molecular weight is 281 g/mol. The molecule has 0 saturated heterocycles. The van der Waals surface area contributed by atoms with E-state index in [1.807, 2.05) is 12.1 Å². The summed E-state index contributed by atoms with van der Waals surface area (Å²) in [7, 11) is 0. The molecule has 0 unspecified atom stereocenters. The first-order valence-electron chi connectivity index (χ1n) is 5.83. The Labute approximate surface area is 115 Å². The molecule has 0 atom stereocenters. The van der Waals surface area contributed by atoms with Gasteiger partial charge in [-0.25, -0.2) is 0 Å². The van der Waals surface area contributed by atoms with Crippen LogP contribution in [0.15, 0.2) is 41.0 Å². The molecule has 0 aliphatic rings. The molecule has 1 N–H and O–H groups in total. The quantitative estimate of drug-likeness (QED) is 0.501. The minimum atomic E-state index is -0.458. The van der Waals surface area contributed by atoms with E-state index in [2.05, 4.69) is 5.32 Å². The van der Waals surface area contributed by atoms with Gasteiger partial charge in [-0.15, -0.1) is 0 Å². The Hall–Kier alpha value is -1.85. The monoisotopic (exact) mass is 280 g/mol. The van der Waals surface area contributed by atoms with E-state index >= 15 is 0 Å². The first-order chi connectivity index (χ1) is 9.16. The highest BCUT2D eigenvalue weighted by atomic mass is 35.5. The van der Waals surface area contributed by atoms with Crippen LogP contribution in [-0.2, 0) is 13.0 Å². The first-order valence-corrected chi connectivity index (χ1v) is 6.20. The van der Waals surface area contributed by atoms with Gasteiger partial charge >= 0.3 is 0 Å². The van der Waals surface area contributed by atoms with Gasteiger partial charge in [-0.2, -0.15) is 0 Å². The van der Waals surface area contributed by atoms with E-state index in [0.717, 1.165) is 24.3 Å². The average Bonchev–Trinajstić information content (AvgIpc) is 2.89. The second-order valence-corrected chi connectivity index (χ2v) is 4.45. The lowest BCUT2D eigenvalue weighted by molar-refractivity contribution is -0.384. The molecule has 6 heteroatoms. The van der Waals surface area contributed by atoms with Crippen molar-refractivity contribution in [3.8, 4) is 0 Å². The summed E-state index contributed by atoms with van der Waals surface area (Å²) in [4.78, 5) is 10.1. The summed E-state index contributed by atoms with van der Waals surface area (Å²) in [5.41, 5.74) is 0.844. The molecule has 0 radical (unpaired) electrons. The molecule has 100 valence electrons. The van der Waals surface area contributed by atoms with Gasteiger partial charge in [0.1, 0.15) is 5.76 Å². The van der Waals surface area contributed by atoms with Crippen LogP contribution in [0.4, 0.5) is 5.69 Å². The van der Waals surface area contributed by atoms with E-state index in [4.69, 9.17) is 16.0 Å². The van der Waals surface area contributed by atoms with Crippen molar-refractivity contribution in [1.29, 1.82) is 0 Å². The predicted molar refractivity (Wildman–Crippen MR) is 72.2 cm³/mol. The summed E-state index contributed by atoms with van der Waals surface area (Å²) in [6.07, 6.45) is 2.43. The zero-order valence-corrected chi connectivity index (χ0v) is 10.9. The standard InChI is InChI=1S/C13H13ClN2O3/c14-13-8-11(16(17)18)4-3-10(13)9-15-6-5-12-2-1-7-19-12/h1-4,7-8,15H,5-6,9H2. The smallest absolute Gasteiger partial charge is 0.270 e. The second-order valence-electron chi connectivity index (χ2n) is 4.04. The summed E-state index contributed by atoms with van der Waals surface area (Å²) in [5.74, 6) is 0.919. The molecule has 0 fully saturated rings. The number of hydrogen-bond donors (Lipinski definition) is 1. The van der Waals surface area contributed by atoms with Crippen molar-refractivity contribution < 1.29 is 9.34 Å². The van der Waals surface area contributed by atoms with Gasteiger partial charge < -0.3 is 9.73 Å². The maximum absolute atomic E-state index is 10.6. The number of hydrogen-bond acceptors (Lipinski definition) is 4. The van der Waals surface area contributed by atoms with Crippen LogP contribution in [0.25, 0.3) is 0 Å². The third-order valence-electron chi connectivity index (χ3n) is 2.69. The highest BCUT2D eigenvalue weighted by molar-refractivity contribution is 6.31. The Morgan fingerprint density at radius 1 is 1.37 bits per heavy atom. The maximum Gasteiger partial charge on any atom is 0.270 e. The molecule has 1 aromatic heterocycles. The van der Waals surface area contributed by atoms with Gasteiger partial charge in [0.15, 0.2) is 0 Å². The SMILES string of the molecule is O=[N+]([O-])c1ccc(CNCCc2ccco2)c(Cl)c1. The Bertz CT molecular complexity index is 555. The molecule has 0 bridgehead atoms. The molecule has 0 aliphatic carbocycles. The van der Waals surface area contributed by atoms with Crippen LogP contribution in [-0.4, -0.2) is 11.5 Å². The van der Waals surface area contributed by atoms with E-state index in [0.29, 0.717) is 11.6 Å². The van der Waals surface area contributed by atoms with Gasteiger partial charge in [0.05, 0.1) is 16.2 Å². The number of nitrogens with one attached hydrogen (secondary N) is 1. The number of non-ortho nitro benzene ring substituents is 1. The molecule has 0 spiro atoms. The molecular weight excluding hydrogens is 268 g/mol. The van der Waals surface area contributed by atoms with Crippen molar-refractivity contribution in [3.05, 3.63) is 63.1 Å². The third-order valence-corrected chi connectivity index (χ3v) is 3.04. The summed E-state index contributed by atoms with van der Waals surface area (Å²) in [5, 5.41) is 14.2. The Morgan fingerprint density at radius 2 is 2.21 bits per heavy atom. The number of nitrogens with zero attached hydrogens (tertiary/aromatic N) is 1. The molecule has 0 aliphatic heterocycles. The number of halogens is 1. The zero-order chi connectivity index (χ0) is 13.7. The van der Waals surface area contributed by atoms with Crippen LogP contribution in [0.5, 0.6) is 0 Å². The zero-order valence-electron chi connectivity index (χ0n) is 10.1. The van der Waals surface area contributed by atoms with Crippen molar-refractivity contribution in [1.82, 2.24) is 5.32 Å². The Kier molecular flexibility index (Phi) is 4.54. The van der Waals surface area contributed by atoms with Gasteiger partial charge in [0, 0.05) is 31.6 Å². The summed E-state index contributed by atoms with van der Waals surface area (Å²) in [6.45, 7) is 1.32. The molecule has 1 heterocycles. The fourth-order valence-corrected chi connectivity index (χ4v) is 1.92. The van der Waals surface area contributed by atoms with Crippen LogP contribution < -0.4 is 5.32 Å². The fourth-order valence-electron chi connectivity index (χ4n) is 1.68. The lowest BCUT2D eigenvalue weighted by atomic mass is 10.2. The predicted octanol–water partition coefficient (Wildman–Crippen LogP) is 3.17. The fraction of sp³-hybridized carbons (Fsp3) is 0.231. The lowest BCUT2D eigenvalue weighted by Crippen LogP contribution is -2.16. The van der Waals surface area contributed by atoms with Gasteiger partial charge in [-0.05, 0) is 23.8 Å². The second kappa shape index (κ2) is 6.36. The normalized spacial score (nSPS) is 10.6. The number of nitro benzene ring substituents is 1. The minimum absolute atomic E-state index is 0.00401. The summed E-state index contributed by atoms with van der Waals surface area (Å²) < 4.78 is 5.21. The molecule has 2 rings (SSSR count). The van der Waals surface area contributed by atoms with Crippen molar-refractivity contribution in [2.24, 2.45) is 0 Å². The topological polar surface area (TPSA) is 68.3 Å². The number of furan rings is 1. The van der Waals surface area contributed by atoms with E-state index in [-0.39, 0.29) is 5.69 Å². The number of nitro groups is 1. The largest absolute Gasteiger partial charge is 0.469 e. The van der Waals surface area contributed by atoms with E-state index in [1.165, 1.54) is 12.1 Å². The Morgan fingerprint density at radius 3 is 2.84 bits per heavy atom. The maximum atomic E-state index is 10.6. The van der Waals surface area contributed by atoms with Crippen molar-refractivity contribution in [3.63, 3.8) is 0 Å². The third kappa shape index (κ3) is 3.81. The number of rotatable bonds is 6. The lowest BCUT2D eigenvalue weighted by Gasteiger charge is -2.05. The van der Waals surface area contributed by atoms with Crippen molar-refractivity contribution >= 4 is 17.3 Å². The van der Waals surface area contributed by atoms with Crippen LogP contribution in [0, 0.1) is 10.1 Å². The molecular formula is C13H13ClN2O3. The highest BCUT2D eigenvalue weighted by Crippen LogP contribution is 2.22.